The highest BCUT2D eigenvalue weighted by atomic mass is 33.1. The van der Waals surface area contributed by atoms with Crippen LogP contribution in [0.5, 0.6) is 0 Å². The van der Waals surface area contributed by atoms with Gasteiger partial charge in [-0.15, -0.1) is 0 Å². The lowest BCUT2D eigenvalue weighted by Crippen LogP contribution is -2.51. The molecule has 0 saturated carbocycles. The van der Waals surface area contributed by atoms with E-state index in [-0.39, 0.29) is 11.5 Å². The molecule has 0 aromatic rings. The molecule has 0 rings (SSSR count). The van der Waals surface area contributed by atoms with Crippen LogP contribution in [0.2, 0.25) is 0 Å². The van der Waals surface area contributed by atoms with E-state index in [9.17, 15) is 67.7 Å². The van der Waals surface area contributed by atoms with Crippen molar-refractivity contribution in [2.24, 2.45) is 11.5 Å². The molecule has 56 heavy (non-hydrogen) atoms. The zero-order chi connectivity index (χ0) is 43.1. The monoisotopic (exact) mass is 842 g/mol. The number of carboxylic acids is 6. The molecule has 0 aromatic heterocycles. The number of hydrogen-bond acceptors (Lipinski definition) is 16. The van der Waals surface area contributed by atoms with Gasteiger partial charge in [0.1, 0.15) is 37.3 Å². The SMILES string of the molecule is NC(CC(=O)O)C(=O)NC(CCC(=O)NC(CSSCC(NC(=O)CCC(NC(=O)C(N)CC(=O)O)C(=O)O)C(=O)NCC(=O)O)C(=O)NCC(=O)O)C(=O)O. The van der Waals surface area contributed by atoms with Gasteiger partial charge in [-0.25, -0.2) is 9.59 Å². The minimum atomic E-state index is -1.70. The van der Waals surface area contributed by atoms with E-state index in [1.807, 2.05) is 21.3 Å². The summed E-state index contributed by atoms with van der Waals surface area (Å²) in [6.45, 7) is -1.74. The van der Waals surface area contributed by atoms with Crippen molar-refractivity contribution in [2.45, 2.75) is 74.8 Å². The molecular formula is C28H42N8O18S2. The van der Waals surface area contributed by atoms with Gasteiger partial charge in [0.25, 0.3) is 0 Å². The summed E-state index contributed by atoms with van der Waals surface area (Å²) in [6, 6.07) is -9.57. The quantitative estimate of drug-likeness (QED) is 0.0246. The van der Waals surface area contributed by atoms with Gasteiger partial charge < -0.3 is 74.0 Å². The van der Waals surface area contributed by atoms with Crippen LogP contribution in [-0.4, -0.2) is 163 Å². The molecule has 0 aliphatic heterocycles. The van der Waals surface area contributed by atoms with Crippen LogP contribution in [0.3, 0.4) is 0 Å². The van der Waals surface area contributed by atoms with Crippen LogP contribution in [-0.2, 0) is 57.5 Å². The van der Waals surface area contributed by atoms with Crippen LogP contribution < -0.4 is 43.4 Å². The Morgan fingerprint density at radius 1 is 0.446 bits per heavy atom. The van der Waals surface area contributed by atoms with E-state index < -0.39 is 159 Å². The summed E-state index contributed by atoms with van der Waals surface area (Å²) < 4.78 is 0. The third kappa shape index (κ3) is 22.5. The highest BCUT2D eigenvalue weighted by Gasteiger charge is 2.29. The summed E-state index contributed by atoms with van der Waals surface area (Å²) >= 11 is 0. The second-order valence-electron chi connectivity index (χ2n) is 11.3. The summed E-state index contributed by atoms with van der Waals surface area (Å²) in [4.78, 5) is 142. The number of hydrogen-bond donors (Lipinski definition) is 14. The van der Waals surface area contributed by atoms with E-state index in [0.717, 1.165) is 21.6 Å². The van der Waals surface area contributed by atoms with Crippen molar-refractivity contribution < 1.29 is 88.2 Å². The van der Waals surface area contributed by atoms with Gasteiger partial charge in [0.2, 0.25) is 35.4 Å². The third-order valence-electron chi connectivity index (χ3n) is 6.70. The molecule has 28 heteroatoms. The predicted octanol–water partition coefficient (Wildman–Crippen LogP) is -5.96. The van der Waals surface area contributed by atoms with Crippen molar-refractivity contribution in [2.75, 3.05) is 24.6 Å². The number of amides is 6. The van der Waals surface area contributed by atoms with E-state index in [0.29, 0.717) is 0 Å². The lowest BCUT2D eigenvalue weighted by atomic mass is 10.1. The Kier molecular flexibility index (Phi) is 23.5. The second-order valence-corrected chi connectivity index (χ2v) is 13.9. The van der Waals surface area contributed by atoms with Crippen LogP contribution in [0.4, 0.5) is 0 Å². The number of aliphatic carboxylic acids is 6. The molecule has 0 aliphatic rings. The summed E-state index contributed by atoms with van der Waals surface area (Å²) in [5.41, 5.74) is 10.8. The zero-order valence-corrected chi connectivity index (χ0v) is 30.7. The summed E-state index contributed by atoms with van der Waals surface area (Å²) in [7, 11) is 1.60. The standard InChI is InChI=1S/C28H42N8O18S2/c29-11(5-19(39)40)23(47)35-13(27(51)52)1-3-17(37)33-15(25(49)31-7-21(43)44)9-55-56-10-16(26(50)32-8-22(45)46)34-18(38)4-2-14(28(53)54)36-24(48)12(30)6-20(41)42/h11-16H,1-10,29-30H2,(H,31,49)(H,32,50)(H,33,37)(H,34,38)(H,35,47)(H,36,48)(H,39,40)(H,41,42)(H,43,44)(H,45,46)(H,51,52)(H,53,54). The maximum Gasteiger partial charge on any atom is 0.326 e. The highest BCUT2D eigenvalue weighted by molar-refractivity contribution is 8.76. The van der Waals surface area contributed by atoms with Gasteiger partial charge in [-0.1, -0.05) is 21.6 Å². The lowest BCUT2D eigenvalue weighted by molar-refractivity contribution is -0.143. The number of carboxylic acid groups (broad SMARTS) is 6. The fourth-order valence-electron chi connectivity index (χ4n) is 3.89. The molecular weight excluding hydrogens is 800 g/mol. The van der Waals surface area contributed by atoms with Crippen LogP contribution >= 0.6 is 21.6 Å². The van der Waals surface area contributed by atoms with Crippen molar-refractivity contribution in [3.63, 3.8) is 0 Å². The van der Waals surface area contributed by atoms with Gasteiger partial charge in [-0.05, 0) is 12.8 Å². The molecule has 6 atom stereocenters. The molecule has 0 heterocycles. The first kappa shape index (κ1) is 50.3. The van der Waals surface area contributed by atoms with Gasteiger partial charge in [0.05, 0.1) is 24.9 Å². The maximum absolute atomic E-state index is 12.7. The van der Waals surface area contributed by atoms with Crippen molar-refractivity contribution in [3.05, 3.63) is 0 Å². The minimum Gasteiger partial charge on any atom is -0.481 e. The van der Waals surface area contributed by atoms with Crippen molar-refractivity contribution in [1.29, 1.82) is 0 Å². The van der Waals surface area contributed by atoms with Crippen LogP contribution in [0.1, 0.15) is 38.5 Å². The first-order chi connectivity index (χ1) is 26.0. The Balaban J connectivity index is 5.61. The molecule has 0 aliphatic carbocycles. The van der Waals surface area contributed by atoms with E-state index in [2.05, 4.69) is 10.6 Å². The molecule has 6 unspecified atom stereocenters. The highest BCUT2D eigenvalue weighted by Crippen LogP contribution is 2.23. The molecule has 0 radical (unpaired) electrons. The second kappa shape index (κ2) is 26.1. The summed E-state index contributed by atoms with van der Waals surface area (Å²) in [5.74, 6) is -15.8. The van der Waals surface area contributed by atoms with E-state index in [1.54, 1.807) is 0 Å². The number of carbonyl (C=O) groups excluding carboxylic acids is 6. The van der Waals surface area contributed by atoms with Gasteiger partial charge in [-0.2, -0.15) is 0 Å². The first-order valence-electron chi connectivity index (χ1n) is 15.9. The fraction of sp³-hybridized carbons (Fsp3) is 0.571. The average Bonchev–Trinajstić information content (AvgIpc) is 3.08. The van der Waals surface area contributed by atoms with Crippen LogP contribution in [0.15, 0.2) is 0 Å². The Labute approximate surface area is 323 Å². The molecule has 0 saturated heterocycles. The number of carbonyl (C=O) groups is 12. The van der Waals surface area contributed by atoms with Crippen molar-refractivity contribution >= 4 is 92.8 Å². The minimum absolute atomic E-state index is 0.341. The molecule has 0 bridgehead atoms. The molecule has 0 spiro atoms. The molecule has 16 N–H and O–H groups in total. The molecule has 0 fully saturated rings. The number of rotatable bonds is 29. The Morgan fingerprint density at radius 3 is 1.04 bits per heavy atom. The van der Waals surface area contributed by atoms with Gasteiger partial charge in [0, 0.05) is 24.3 Å². The Morgan fingerprint density at radius 2 is 0.768 bits per heavy atom. The van der Waals surface area contributed by atoms with Crippen LogP contribution in [0.25, 0.3) is 0 Å². The van der Waals surface area contributed by atoms with Gasteiger partial charge in [-0.3, -0.25) is 47.9 Å². The zero-order valence-electron chi connectivity index (χ0n) is 29.1. The molecule has 26 nitrogen and oxygen atoms in total. The lowest BCUT2D eigenvalue weighted by Gasteiger charge is -2.21. The van der Waals surface area contributed by atoms with E-state index in [1.165, 1.54) is 0 Å². The third-order valence-corrected chi connectivity index (χ3v) is 9.12. The van der Waals surface area contributed by atoms with E-state index >= 15 is 0 Å². The molecule has 6 amide bonds. The summed E-state index contributed by atoms with van der Waals surface area (Å²) in [5, 5.41) is 66.8. The largest absolute Gasteiger partial charge is 0.481 e. The van der Waals surface area contributed by atoms with Crippen LogP contribution in [0, 0.1) is 0 Å². The number of nitrogens with one attached hydrogen (secondary N) is 6. The van der Waals surface area contributed by atoms with E-state index in [4.69, 9.17) is 31.9 Å². The summed E-state index contributed by atoms with van der Waals surface area (Å²) in [6.07, 6.45) is -3.98. The molecule has 0 aromatic carbocycles. The maximum atomic E-state index is 12.7. The smallest absolute Gasteiger partial charge is 0.326 e. The average molecular weight is 843 g/mol. The first-order valence-corrected chi connectivity index (χ1v) is 18.4. The van der Waals surface area contributed by atoms with Crippen molar-refractivity contribution in [1.82, 2.24) is 31.9 Å². The van der Waals surface area contributed by atoms with Gasteiger partial charge in [0.15, 0.2) is 0 Å². The topological polar surface area (TPSA) is 450 Å². The van der Waals surface area contributed by atoms with Gasteiger partial charge >= 0.3 is 35.8 Å². The normalized spacial score (nSPS) is 13.8. The Bertz CT molecular complexity index is 1390. The fourth-order valence-corrected chi connectivity index (χ4v) is 6.22. The number of nitrogens with two attached hydrogens (primary N) is 2. The predicted molar refractivity (Wildman–Crippen MR) is 188 cm³/mol. The van der Waals surface area contributed by atoms with Crippen molar-refractivity contribution in [3.8, 4) is 0 Å². The molecule has 314 valence electrons. The Hall–Kier alpha value is -5.74.